The Hall–Kier alpha value is -2.79. The lowest BCUT2D eigenvalue weighted by Gasteiger charge is -2.27. The minimum absolute atomic E-state index is 0.0274. The van der Waals surface area contributed by atoms with Gasteiger partial charge >= 0.3 is 0 Å². The van der Waals surface area contributed by atoms with Gasteiger partial charge in [0, 0.05) is 12.2 Å². The minimum atomic E-state index is -0.941. The maximum Gasteiger partial charge on any atom is 0.200 e. The van der Waals surface area contributed by atoms with Crippen LogP contribution in [-0.2, 0) is 11.3 Å². The van der Waals surface area contributed by atoms with Crippen LogP contribution in [0, 0.1) is 17.6 Å². The van der Waals surface area contributed by atoms with Gasteiger partial charge in [-0.05, 0) is 79.7 Å². The molecule has 180 valence electrons. The van der Waals surface area contributed by atoms with Crippen molar-refractivity contribution >= 4 is 5.57 Å². The number of rotatable bonds is 8. The molecule has 0 bridgehead atoms. The monoisotopic (exact) mass is 468 g/mol. The van der Waals surface area contributed by atoms with E-state index in [0.29, 0.717) is 30.1 Å². The van der Waals surface area contributed by atoms with E-state index >= 15 is 0 Å². The maximum atomic E-state index is 14.8. The molecular weight excluding hydrogens is 437 g/mol. The lowest BCUT2D eigenvalue weighted by molar-refractivity contribution is 0.0964. The molecule has 0 spiro atoms. The van der Waals surface area contributed by atoms with E-state index in [1.807, 2.05) is 19.1 Å². The van der Waals surface area contributed by atoms with Crippen LogP contribution >= 0.6 is 0 Å². The first-order chi connectivity index (χ1) is 16.5. The molecule has 0 N–H and O–H groups in total. The van der Waals surface area contributed by atoms with Gasteiger partial charge in [0.15, 0.2) is 11.6 Å². The van der Waals surface area contributed by atoms with E-state index in [2.05, 4.69) is 6.58 Å². The van der Waals surface area contributed by atoms with Crippen molar-refractivity contribution in [3.05, 3.63) is 95.4 Å². The fraction of sp³-hybridized carbons (Fsp3) is 0.379. The number of hydrogen-bond donors (Lipinski definition) is 0. The number of ether oxygens (including phenoxy) is 2. The molecule has 0 radical (unpaired) electrons. The Bertz CT molecular complexity index is 1060. The van der Waals surface area contributed by atoms with Crippen LogP contribution in [0.15, 0.2) is 67.0 Å². The molecule has 2 nitrogen and oxygen atoms in total. The van der Waals surface area contributed by atoms with E-state index in [4.69, 9.17) is 9.47 Å². The highest BCUT2D eigenvalue weighted by atomic mass is 19.2. The van der Waals surface area contributed by atoms with Crippen LogP contribution in [0.5, 0.6) is 5.75 Å². The number of halogens is 3. The van der Waals surface area contributed by atoms with Crippen molar-refractivity contribution in [1.29, 1.82) is 0 Å². The maximum absolute atomic E-state index is 14.8. The Morgan fingerprint density at radius 2 is 1.71 bits per heavy atom. The summed E-state index contributed by atoms with van der Waals surface area (Å²) in [5.41, 5.74) is 2.50. The predicted molar refractivity (Wildman–Crippen MR) is 129 cm³/mol. The van der Waals surface area contributed by atoms with Gasteiger partial charge in [-0.3, -0.25) is 0 Å². The number of benzene rings is 2. The minimum Gasteiger partial charge on any atom is -0.486 e. The SMILES string of the molecule is C=CC1CCC(c2ccc(OCc3ccc(C4=CC[C@H](OCC)C=C4F)cc3)c(F)c2F)CC1. The fourth-order valence-electron chi connectivity index (χ4n) is 4.82. The van der Waals surface area contributed by atoms with Crippen molar-refractivity contribution in [1.82, 2.24) is 0 Å². The molecule has 2 aromatic rings. The third kappa shape index (κ3) is 5.47. The van der Waals surface area contributed by atoms with E-state index in [1.165, 1.54) is 12.1 Å². The van der Waals surface area contributed by atoms with E-state index in [0.717, 1.165) is 36.8 Å². The summed E-state index contributed by atoms with van der Waals surface area (Å²) >= 11 is 0. The van der Waals surface area contributed by atoms with Gasteiger partial charge in [-0.1, -0.05) is 42.5 Å². The van der Waals surface area contributed by atoms with E-state index in [1.54, 1.807) is 30.3 Å². The lowest BCUT2D eigenvalue weighted by Crippen LogP contribution is -2.13. The normalized spacial score (nSPS) is 22.6. The summed E-state index contributed by atoms with van der Waals surface area (Å²) in [5, 5.41) is 0. The molecule has 34 heavy (non-hydrogen) atoms. The standard InChI is InChI=1S/C29H31F3O2/c1-3-19-5-9-22(10-6-19)25-15-16-27(29(32)28(25)31)34-18-20-7-11-21(12-8-20)24-14-13-23(33-4-2)17-26(24)30/h3,7-8,11-12,14-17,19,22-23H,1,4-6,9-10,13,18H2,2H3/t19?,22?,23-/m0/s1. The van der Waals surface area contributed by atoms with Gasteiger partial charge in [-0.15, -0.1) is 6.58 Å². The van der Waals surface area contributed by atoms with Gasteiger partial charge in [0.1, 0.15) is 12.4 Å². The van der Waals surface area contributed by atoms with Gasteiger partial charge in [0.05, 0.1) is 6.10 Å². The van der Waals surface area contributed by atoms with Gasteiger partial charge < -0.3 is 9.47 Å². The zero-order chi connectivity index (χ0) is 24.1. The van der Waals surface area contributed by atoms with E-state index in [9.17, 15) is 13.2 Å². The summed E-state index contributed by atoms with van der Waals surface area (Å²) in [5.74, 6) is -1.66. The molecule has 0 aromatic heterocycles. The summed E-state index contributed by atoms with van der Waals surface area (Å²) in [6.07, 6.45) is 9.25. The smallest absolute Gasteiger partial charge is 0.200 e. The predicted octanol–water partition coefficient (Wildman–Crippen LogP) is 8.05. The molecule has 1 saturated carbocycles. The van der Waals surface area contributed by atoms with E-state index < -0.39 is 11.6 Å². The molecule has 0 amide bonds. The van der Waals surface area contributed by atoms with Crippen LogP contribution < -0.4 is 4.74 Å². The van der Waals surface area contributed by atoms with Crippen LogP contribution in [-0.4, -0.2) is 12.7 Å². The first kappa shape index (κ1) is 24.3. The van der Waals surface area contributed by atoms with Gasteiger partial charge in [-0.2, -0.15) is 4.39 Å². The Morgan fingerprint density at radius 1 is 0.971 bits per heavy atom. The van der Waals surface area contributed by atoms with Crippen LogP contribution in [0.2, 0.25) is 0 Å². The van der Waals surface area contributed by atoms with Crippen molar-refractivity contribution in [3.8, 4) is 5.75 Å². The lowest BCUT2D eigenvalue weighted by atomic mass is 9.78. The second-order valence-electron chi connectivity index (χ2n) is 8.98. The molecule has 2 aliphatic rings. The molecule has 4 rings (SSSR count). The molecule has 1 fully saturated rings. The fourth-order valence-corrected chi connectivity index (χ4v) is 4.82. The van der Waals surface area contributed by atoms with Crippen LogP contribution in [0.4, 0.5) is 13.2 Å². The average molecular weight is 469 g/mol. The zero-order valence-electron chi connectivity index (χ0n) is 19.5. The third-order valence-corrected chi connectivity index (χ3v) is 6.81. The summed E-state index contributed by atoms with van der Waals surface area (Å²) in [4.78, 5) is 0. The van der Waals surface area contributed by atoms with Gasteiger partial charge in [-0.25, -0.2) is 8.78 Å². The topological polar surface area (TPSA) is 18.5 Å². The number of allylic oxidation sites excluding steroid dienone is 3. The van der Waals surface area contributed by atoms with Crippen LogP contribution in [0.3, 0.4) is 0 Å². The molecule has 0 aliphatic heterocycles. The summed E-state index contributed by atoms with van der Waals surface area (Å²) < 4.78 is 55.0. The van der Waals surface area contributed by atoms with Crippen molar-refractivity contribution in [2.45, 2.75) is 57.7 Å². The Morgan fingerprint density at radius 3 is 2.35 bits per heavy atom. The van der Waals surface area contributed by atoms with Gasteiger partial charge in [0.2, 0.25) is 5.82 Å². The number of hydrogen-bond acceptors (Lipinski definition) is 2. The van der Waals surface area contributed by atoms with Crippen LogP contribution in [0.1, 0.15) is 61.6 Å². The second-order valence-corrected chi connectivity index (χ2v) is 8.98. The molecule has 0 unspecified atom stereocenters. The van der Waals surface area contributed by atoms with Crippen molar-refractivity contribution in [2.24, 2.45) is 5.92 Å². The van der Waals surface area contributed by atoms with Crippen molar-refractivity contribution < 1.29 is 22.6 Å². The Balaban J connectivity index is 1.38. The molecule has 2 aliphatic carbocycles. The first-order valence-electron chi connectivity index (χ1n) is 12.0. The van der Waals surface area contributed by atoms with E-state index in [-0.39, 0.29) is 30.2 Å². The van der Waals surface area contributed by atoms with Crippen molar-refractivity contribution in [2.75, 3.05) is 6.61 Å². The first-order valence-corrected chi connectivity index (χ1v) is 12.0. The molecule has 2 aromatic carbocycles. The molecule has 0 saturated heterocycles. The highest BCUT2D eigenvalue weighted by Gasteiger charge is 2.25. The molecule has 1 atom stereocenters. The Labute approximate surface area is 199 Å². The molecule has 0 heterocycles. The average Bonchev–Trinajstić information content (AvgIpc) is 2.86. The highest BCUT2D eigenvalue weighted by molar-refractivity contribution is 5.78. The Kier molecular flexibility index (Phi) is 7.94. The highest BCUT2D eigenvalue weighted by Crippen LogP contribution is 2.39. The van der Waals surface area contributed by atoms with Crippen molar-refractivity contribution in [3.63, 3.8) is 0 Å². The summed E-state index contributed by atoms with van der Waals surface area (Å²) in [6.45, 7) is 6.34. The summed E-state index contributed by atoms with van der Waals surface area (Å²) in [7, 11) is 0. The molecular formula is C29H31F3O2. The third-order valence-electron chi connectivity index (χ3n) is 6.81. The van der Waals surface area contributed by atoms with Gasteiger partial charge in [0.25, 0.3) is 0 Å². The second kappa shape index (κ2) is 11.1. The largest absolute Gasteiger partial charge is 0.486 e. The summed E-state index contributed by atoms with van der Waals surface area (Å²) in [6, 6.07) is 10.4. The zero-order valence-corrected chi connectivity index (χ0v) is 19.5. The van der Waals surface area contributed by atoms with Crippen LogP contribution in [0.25, 0.3) is 5.57 Å². The quantitative estimate of drug-likeness (QED) is 0.365. The molecule has 5 heteroatoms.